The number of ether oxygens (including phenoxy) is 1. The van der Waals surface area contributed by atoms with E-state index in [0.717, 1.165) is 13.2 Å². The van der Waals surface area contributed by atoms with E-state index in [1.165, 1.54) is 4.90 Å². The fourth-order valence-corrected chi connectivity index (χ4v) is 2.00. The normalized spacial score (nSPS) is 18.8. The zero-order valence-corrected chi connectivity index (χ0v) is 10.2. The molecule has 1 saturated heterocycles. The molecule has 1 aromatic carbocycles. The molecule has 19 heavy (non-hydrogen) atoms. The average Bonchev–Trinajstić information content (AvgIpc) is 2.70. The first-order valence-electron chi connectivity index (χ1n) is 5.57. The molecule has 7 heteroatoms. The second-order valence-electron chi connectivity index (χ2n) is 4.24. The van der Waals surface area contributed by atoms with Gasteiger partial charge in [-0.25, -0.2) is 13.6 Å². The Morgan fingerprint density at radius 3 is 2.58 bits per heavy atom. The van der Waals surface area contributed by atoms with Crippen molar-refractivity contribution >= 4 is 17.6 Å². The standard InChI is InChI=1S/C12H12F2N2O3/c1-19-12(18)7-3-8(13)9(14)4-10(7)16-5-6(15)2-11(16)17/h3-4,6H,2,5,15H2,1H3. The molecule has 1 amide bonds. The third-order valence-corrected chi connectivity index (χ3v) is 2.89. The van der Waals surface area contributed by atoms with Gasteiger partial charge in [0.05, 0.1) is 18.4 Å². The molecule has 0 spiro atoms. The van der Waals surface area contributed by atoms with Crippen LogP contribution in [0.15, 0.2) is 12.1 Å². The van der Waals surface area contributed by atoms with Crippen LogP contribution in [0.25, 0.3) is 0 Å². The van der Waals surface area contributed by atoms with E-state index in [-0.39, 0.29) is 30.1 Å². The molecule has 1 atom stereocenters. The van der Waals surface area contributed by atoms with Gasteiger partial charge in [-0.05, 0) is 6.07 Å². The third kappa shape index (κ3) is 2.41. The van der Waals surface area contributed by atoms with Gasteiger partial charge in [0.15, 0.2) is 11.6 Å². The Morgan fingerprint density at radius 1 is 1.42 bits per heavy atom. The minimum atomic E-state index is -1.18. The van der Waals surface area contributed by atoms with Crippen molar-refractivity contribution in [3.8, 4) is 0 Å². The lowest BCUT2D eigenvalue weighted by Crippen LogP contribution is -2.29. The van der Waals surface area contributed by atoms with E-state index < -0.39 is 23.6 Å². The highest BCUT2D eigenvalue weighted by Gasteiger charge is 2.32. The highest BCUT2D eigenvalue weighted by molar-refractivity contribution is 6.04. The molecule has 1 aromatic rings. The van der Waals surface area contributed by atoms with Crippen LogP contribution in [0.2, 0.25) is 0 Å². The monoisotopic (exact) mass is 270 g/mol. The maximum absolute atomic E-state index is 13.3. The number of carbonyl (C=O) groups is 2. The van der Waals surface area contributed by atoms with Gasteiger partial charge in [0, 0.05) is 25.1 Å². The fourth-order valence-electron chi connectivity index (χ4n) is 2.00. The summed E-state index contributed by atoms with van der Waals surface area (Å²) in [4.78, 5) is 24.5. The number of carbonyl (C=O) groups excluding carboxylic acids is 2. The first-order chi connectivity index (χ1) is 8.93. The van der Waals surface area contributed by atoms with Crippen molar-refractivity contribution in [3.63, 3.8) is 0 Å². The van der Waals surface area contributed by atoms with E-state index in [4.69, 9.17) is 5.73 Å². The lowest BCUT2D eigenvalue weighted by molar-refractivity contribution is -0.117. The van der Waals surface area contributed by atoms with Crippen molar-refractivity contribution in [2.75, 3.05) is 18.6 Å². The maximum Gasteiger partial charge on any atom is 0.340 e. The van der Waals surface area contributed by atoms with Crippen LogP contribution in [-0.2, 0) is 9.53 Å². The van der Waals surface area contributed by atoms with Gasteiger partial charge < -0.3 is 15.4 Å². The Hall–Kier alpha value is -2.02. The molecule has 0 radical (unpaired) electrons. The summed E-state index contributed by atoms with van der Waals surface area (Å²) >= 11 is 0. The molecule has 0 bridgehead atoms. The molecule has 1 aliphatic rings. The number of nitrogens with two attached hydrogens (primary N) is 1. The molecular formula is C12H12F2N2O3. The minimum Gasteiger partial charge on any atom is -0.465 e. The van der Waals surface area contributed by atoms with Crippen LogP contribution in [0.5, 0.6) is 0 Å². The van der Waals surface area contributed by atoms with Crippen LogP contribution in [0, 0.1) is 11.6 Å². The van der Waals surface area contributed by atoms with E-state index in [2.05, 4.69) is 4.74 Å². The molecule has 1 fully saturated rings. The zero-order chi connectivity index (χ0) is 14.2. The molecule has 0 aliphatic carbocycles. The van der Waals surface area contributed by atoms with Gasteiger partial charge in [-0.1, -0.05) is 0 Å². The van der Waals surface area contributed by atoms with E-state index in [1.807, 2.05) is 0 Å². The van der Waals surface area contributed by atoms with Gasteiger partial charge in [0.2, 0.25) is 5.91 Å². The molecule has 0 aromatic heterocycles. The summed E-state index contributed by atoms with van der Waals surface area (Å²) in [5.41, 5.74) is 5.40. The number of anilines is 1. The number of esters is 1. The van der Waals surface area contributed by atoms with Crippen molar-refractivity contribution in [2.24, 2.45) is 5.73 Å². The maximum atomic E-state index is 13.3. The van der Waals surface area contributed by atoms with Crippen LogP contribution < -0.4 is 10.6 Å². The molecule has 1 aliphatic heterocycles. The lowest BCUT2D eigenvalue weighted by atomic mass is 10.1. The predicted molar refractivity (Wildman–Crippen MR) is 62.6 cm³/mol. The van der Waals surface area contributed by atoms with Crippen molar-refractivity contribution < 1.29 is 23.1 Å². The van der Waals surface area contributed by atoms with Gasteiger partial charge in [-0.15, -0.1) is 0 Å². The van der Waals surface area contributed by atoms with E-state index in [0.29, 0.717) is 6.07 Å². The molecule has 2 N–H and O–H groups in total. The van der Waals surface area contributed by atoms with Crippen molar-refractivity contribution in [2.45, 2.75) is 12.5 Å². The lowest BCUT2D eigenvalue weighted by Gasteiger charge is -2.19. The number of halogens is 2. The Bertz CT molecular complexity index is 548. The number of methoxy groups -OCH3 is 1. The van der Waals surface area contributed by atoms with Crippen molar-refractivity contribution in [3.05, 3.63) is 29.3 Å². The molecule has 1 heterocycles. The summed E-state index contributed by atoms with van der Waals surface area (Å²) in [5.74, 6) is -3.51. The van der Waals surface area contributed by atoms with Crippen LogP contribution in [-0.4, -0.2) is 31.6 Å². The number of amides is 1. The van der Waals surface area contributed by atoms with Gasteiger partial charge >= 0.3 is 5.97 Å². The first kappa shape index (κ1) is 13.4. The summed E-state index contributed by atoms with van der Waals surface area (Å²) in [6, 6.07) is 1.12. The highest BCUT2D eigenvalue weighted by atomic mass is 19.2. The van der Waals surface area contributed by atoms with Crippen molar-refractivity contribution in [1.82, 2.24) is 0 Å². The summed E-state index contributed by atoms with van der Waals surface area (Å²) < 4.78 is 31.0. The van der Waals surface area contributed by atoms with Crippen LogP contribution in [0.3, 0.4) is 0 Å². The third-order valence-electron chi connectivity index (χ3n) is 2.89. The number of nitrogens with zero attached hydrogens (tertiary/aromatic N) is 1. The molecule has 102 valence electrons. The summed E-state index contributed by atoms with van der Waals surface area (Å²) in [7, 11) is 1.12. The van der Waals surface area contributed by atoms with Gasteiger partial charge in [0.1, 0.15) is 0 Å². The predicted octanol–water partition coefficient (Wildman–Crippen LogP) is 0.815. The Balaban J connectivity index is 2.52. The van der Waals surface area contributed by atoms with E-state index in [9.17, 15) is 18.4 Å². The SMILES string of the molecule is COC(=O)c1cc(F)c(F)cc1N1CC(N)CC1=O. The van der Waals surface area contributed by atoms with Crippen LogP contribution in [0.1, 0.15) is 16.8 Å². The molecule has 0 saturated carbocycles. The number of hydrogen-bond donors (Lipinski definition) is 1. The molecular weight excluding hydrogens is 258 g/mol. The molecule has 2 rings (SSSR count). The quantitative estimate of drug-likeness (QED) is 0.807. The smallest absolute Gasteiger partial charge is 0.340 e. The van der Waals surface area contributed by atoms with Gasteiger partial charge in [-0.3, -0.25) is 4.79 Å². The van der Waals surface area contributed by atoms with Crippen LogP contribution in [0.4, 0.5) is 14.5 Å². The largest absolute Gasteiger partial charge is 0.465 e. The first-order valence-corrected chi connectivity index (χ1v) is 5.57. The molecule has 5 nitrogen and oxygen atoms in total. The van der Waals surface area contributed by atoms with Crippen LogP contribution >= 0.6 is 0 Å². The Kier molecular flexibility index (Phi) is 3.48. The number of rotatable bonds is 2. The van der Waals surface area contributed by atoms with E-state index >= 15 is 0 Å². The Labute approximate surface area is 107 Å². The Morgan fingerprint density at radius 2 is 2.05 bits per heavy atom. The molecule has 1 unspecified atom stereocenters. The summed E-state index contributed by atoms with van der Waals surface area (Å²) in [5, 5.41) is 0. The second kappa shape index (κ2) is 4.93. The highest BCUT2D eigenvalue weighted by Crippen LogP contribution is 2.28. The van der Waals surface area contributed by atoms with Crippen molar-refractivity contribution in [1.29, 1.82) is 0 Å². The fraction of sp³-hybridized carbons (Fsp3) is 0.333. The van der Waals surface area contributed by atoms with E-state index in [1.54, 1.807) is 0 Å². The summed E-state index contributed by atoms with van der Waals surface area (Å²) in [6.07, 6.45) is 0.0968. The minimum absolute atomic E-state index is 0.0244. The van der Waals surface area contributed by atoms with Gasteiger partial charge in [0.25, 0.3) is 0 Å². The zero-order valence-electron chi connectivity index (χ0n) is 10.2. The van der Waals surface area contributed by atoms with Gasteiger partial charge in [-0.2, -0.15) is 0 Å². The second-order valence-corrected chi connectivity index (χ2v) is 4.24. The average molecular weight is 270 g/mol. The number of hydrogen-bond acceptors (Lipinski definition) is 4. The summed E-state index contributed by atoms with van der Waals surface area (Å²) in [6.45, 7) is 0.147. The number of benzene rings is 1. The topological polar surface area (TPSA) is 72.6 Å².